The SMILES string of the molecule is CCCCCCCCC/C=C\CCCCCCCCCC(=O)NC(CO)C(O)CCCCCCCCCCCCCCCCCCC. The lowest BCUT2D eigenvalue weighted by Gasteiger charge is -2.22. The van der Waals surface area contributed by atoms with Crippen molar-refractivity contribution in [3.05, 3.63) is 12.2 Å². The van der Waals surface area contributed by atoms with E-state index in [1.54, 1.807) is 0 Å². The monoisotopic (exact) mass is 664 g/mol. The molecule has 0 aliphatic rings. The van der Waals surface area contributed by atoms with E-state index in [1.165, 1.54) is 186 Å². The van der Waals surface area contributed by atoms with E-state index < -0.39 is 12.1 Å². The highest BCUT2D eigenvalue weighted by molar-refractivity contribution is 5.76. The van der Waals surface area contributed by atoms with E-state index in [2.05, 4.69) is 31.3 Å². The zero-order valence-corrected chi connectivity index (χ0v) is 32.1. The van der Waals surface area contributed by atoms with Crippen LogP contribution in [-0.4, -0.2) is 34.9 Å². The normalized spacial score (nSPS) is 13.0. The first kappa shape index (κ1) is 46.1. The Labute approximate surface area is 295 Å². The summed E-state index contributed by atoms with van der Waals surface area (Å²) < 4.78 is 0. The maximum absolute atomic E-state index is 12.4. The molecule has 2 unspecified atom stereocenters. The summed E-state index contributed by atoms with van der Waals surface area (Å²) in [5, 5.41) is 23.2. The van der Waals surface area contributed by atoms with Gasteiger partial charge in [-0.3, -0.25) is 4.79 Å². The van der Waals surface area contributed by atoms with Crippen LogP contribution in [0.1, 0.15) is 239 Å². The van der Waals surface area contributed by atoms with Gasteiger partial charge >= 0.3 is 0 Å². The first-order valence-electron chi connectivity index (χ1n) is 21.4. The zero-order chi connectivity index (χ0) is 34.3. The number of aliphatic hydroxyl groups excluding tert-OH is 2. The summed E-state index contributed by atoms with van der Waals surface area (Å²) in [6.07, 6.45) is 48.5. The van der Waals surface area contributed by atoms with Crippen LogP contribution in [0.25, 0.3) is 0 Å². The highest BCUT2D eigenvalue weighted by Crippen LogP contribution is 2.16. The molecule has 0 aliphatic heterocycles. The molecule has 0 spiro atoms. The molecular weight excluding hydrogens is 578 g/mol. The lowest BCUT2D eigenvalue weighted by Crippen LogP contribution is -2.45. The summed E-state index contributed by atoms with van der Waals surface area (Å²) in [5.41, 5.74) is 0. The molecule has 280 valence electrons. The van der Waals surface area contributed by atoms with Crippen LogP contribution in [-0.2, 0) is 4.79 Å². The fraction of sp³-hybridized carbons (Fsp3) is 0.930. The van der Waals surface area contributed by atoms with Gasteiger partial charge in [0.1, 0.15) is 0 Å². The fourth-order valence-corrected chi connectivity index (χ4v) is 6.71. The molecular formula is C43H85NO3. The Morgan fingerprint density at radius 2 is 0.809 bits per heavy atom. The van der Waals surface area contributed by atoms with Crippen LogP contribution in [0.15, 0.2) is 12.2 Å². The van der Waals surface area contributed by atoms with Gasteiger partial charge in [0.2, 0.25) is 5.91 Å². The number of rotatable bonds is 39. The van der Waals surface area contributed by atoms with Gasteiger partial charge in [0.05, 0.1) is 18.8 Å². The second-order valence-electron chi connectivity index (χ2n) is 14.8. The van der Waals surface area contributed by atoms with Crippen molar-refractivity contribution in [2.75, 3.05) is 6.61 Å². The molecule has 1 amide bonds. The molecule has 3 N–H and O–H groups in total. The lowest BCUT2D eigenvalue weighted by molar-refractivity contribution is -0.123. The third kappa shape index (κ3) is 36.2. The lowest BCUT2D eigenvalue weighted by atomic mass is 10.0. The third-order valence-electron chi connectivity index (χ3n) is 10.0. The van der Waals surface area contributed by atoms with Crippen molar-refractivity contribution in [1.29, 1.82) is 0 Å². The molecule has 0 aliphatic carbocycles. The molecule has 0 aromatic heterocycles. The number of hydrogen-bond donors (Lipinski definition) is 3. The minimum atomic E-state index is -0.657. The highest BCUT2D eigenvalue weighted by atomic mass is 16.3. The van der Waals surface area contributed by atoms with Crippen molar-refractivity contribution >= 4 is 5.91 Å². The number of carbonyl (C=O) groups is 1. The van der Waals surface area contributed by atoms with Crippen molar-refractivity contribution in [2.24, 2.45) is 0 Å². The van der Waals surface area contributed by atoms with Crippen LogP contribution in [0, 0.1) is 0 Å². The van der Waals surface area contributed by atoms with Gasteiger partial charge in [-0.1, -0.05) is 206 Å². The van der Waals surface area contributed by atoms with Crippen LogP contribution in [0.5, 0.6) is 0 Å². The standard InChI is InChI=1S/C43H85NO3/c1-3-5-7-9-11-13-15-17-19-21-23-25-27-29-31-33-35-37-39-43(47)44-41(40-45)42(46)38-36-34-32-30-28-26-24-22-20-18-16-14-12-10-8-6-4-2/h19,21,41-42,45-46H,3-18,20,22-40H2,1-2H3,(H,44,47)/b21-19-. The molecule has 4 nitrogen and oxygen atoms in total. The predicted molar refractivity (Wildman–Crippen MR) is 207 cm³/mol. The van der Waals surface area contributed by atoms with Gasteiger partial charge in [-0.25, -0.2) is 0 Å². The minimum absolute atomic E-state index is 0.0335. The Balaban J connectivity index is 3.51. The van der Waals surface area contributed by atoms with Crippen molar-refractivity contribution in [2.45, 2.75) is 251 Å². The predicted octanol–water partition coefficient (Wildman–Crippen LogP) is 13.1. The van der Waals surface area contributed by atoms with Gasteiger partial charge in [-0.05, 0) is 38.5 Å². The molecule has 0 bridgehead atoms. The summed E-state index contributed by atoms with van der Waals surface area (Å²) in [7, 11) is 0. The van der Waals surface area contributed by atoms with Gasteiger partial charge < -0.3 is 15.5 Å². The Kier molecular flexibility index (Phi) is 38.8. The van der Waals surface area contributed by atoms with Crippen molar-refractivity contribution < 1.29 is 15.0 Å². The molecule has 0 heterocycles. The first-order valence-corrected chi connectivity index (χ1v) is 21.4. The smallest absolute Gasteiger partial charge is 0.220 e. The van der Waals surface area contributed by atoms with E-state index in [0.717, 1.165) is 25.7 Å². The van der Waals surface area contributed by atoms with Crippen LogP contribution in [0.2, 0.25) is 0 Å². The van der Waals surface area contributed by atoms with Crippen LogP contribution >= 0.6 is 0 Å². The van der Waals surface area contributed by atoms with Gasteiger partial charge in [0.15, 0.2) is 0 Å². The Morgan fingerprint density at radius 3 is 1.17 bits per heavy atom. The summed E-state index contributed by atoms with van der Waals surface area (Å²) in [6.45, 7) is 4.37. The van der Waals surface area contributed by atoms with E-state index in [1.807, 2.05) is 0 Å². The molecule has 0 rings (SSSR count). The van der Waals surface area contributed by atoms with Crippen LogP contribution in [0.4, 0.5) is 0 Å². The van der Waals surface area contributed by atoms with E-state index in [4.69, 9.17) is 0 Å². The molecule has 0 radical (unpaired) electrons. The third-order valence-corrected chi connectivity index (χ3v) is 10.0. The molecule has 47 heavy (non-hydrogen) atoms. The topological polar surface area (TPSA) is 69.6 Å². The molecule has 2 atom stereocenters. The molecule has 0 saturated carbocycles. The number of carbonyl (C=O) groups excluding carboxylic acids is 1. The molecule has 4 heteroatoms. The second-order valence-corrected chi connectivity index (χ2v) is 14.8. The molecule has 0 aromatic carbocycles. The number of aliphatic hydroxyl groups is 2. The fourth-order valence-electron chi connectivity index (χ4n) is 6.71. The molecule has 0 aromatic rings. The largest absolute Gasteiger partial charge is 0.394 e. The zero-order valence-electron chi connectivity index (χ0n) is 32.1. The average Bonchev–Trinajstić information content (AvgIpc) is 3.07. The first-order chi connectivity index (χ1) is 23.2. The van der Waals surface area contributed by atoms with Crippen LogP contribution < -0.4 is 5.32 Å². The van der Waals surface area contributed by atoms with Crippen molar-refractivity contribution in [1.82, 2.24) is 5.32 Å². The van der Waals surface area contributed by atoms with E-state index in [-0.39, 0.29) is 12.5 Å². The van der Waals surface area contributed by atoms with E-state index >= 15 is 0 Å². The number of allylic oxidation sites excluding steroid dienone is 2. The van der Waals surface area contributed by atoms with Gasteiger partial charge in [-0.15, -0.1) is 0 Å². The van der Waals surface area contributed by atoms with E-state index in [9.17, 15) is 15.0 Å². The van der Waals surface area contributed by atoms with E-state index in [0.29, 0.717) is 12.8 Å². The summed E-state index contributed by atoms with van der Waals surface area (Å²) >= 11 is 0. The van der Waals surface area contributed by atoms with Gasteiger partial charge in [-0.2, -0.15) is 0 Å². The number of hydrogen-bond acceptors (Lipinski definition) is 3. The Bertz CT molecular complexity index is 637. The Hall–Kier alpha value is -0.870. The summed E-state index contributed by atoms with van der Waals surface area (Å²) in [5.74, 6) is -0.0335. The maximum atomic E-state index is 12.4. The second kappa shape index (κ2) is 39.6. The average molecular weight is 664 g/mol. The van der Waals surface area contributed by atoms with Crippen molar-refractivity contribution in [3.8, 4) is 0 Å². The van der Waals surface area contributed by atoms with Gasteiger partial charge in [0.25, 0.3) is 0 Å². The summed E-state index contributed by atoms with van der Waals surface area (Å²) in [4.78, 5) is 12.4. The summed E-state index contributed by atoms with van der Waals surface area (Å²) in [6, 6.07) is -0.534. The molecule has 0 saturated heterocycles. The number of nitrogens with one attached hydrogen (secondary N) is 1. The maximum Gasteiger partial charge on any atom is 0.220 e. The van der Waals surface area contributed by atoms with Crippen molar-refractivity contribution in [3.63, 3.8) is 0 Å². The van der Waals surface area contributed by atoms with Crippen LogP contribution in [0.3, 0.4) is 0 Å². The van der Waals surface area contributed by atoms with Gasteiger partial charge in [0, 0.05) is 6.42 Å². The quantitative estimate of drug-likeness (QED) is 0.0453. The highest BCUT2D eigenvalue weighted by Gasteiger charge is 2.20. The molecule has 0 fully saturated rings. The number of amides is 1. The number of unbranched alkanes of at least 4 members (excludes halogenated alkanes) is 30. The minimum Gasteiger partial charge on any atom is -0.394 e. The Morgan fingerprint density at radius 1 is 0.489 bits per heavy atom.